The highest BCUT2D eigenvalue weighted by atomic mass is 35.5. The van der Waals surface area contributed by atoms with Crippen LogP contribution < -0.4 is 10.2 Å². The van der Waals surface area contributed by atoms with Gasteiger partial charge in [-0.25, -0.2) is 4.98 Å². The Morgan fingerprint density at radius 3 is 2.71 bits per heavy atom. The molecule has 1 N–H and O–H groups in total. The molecular formula is C15H13ClN4O. The van der Waals surface area contributed by atoms with Gasteiger partial charge in [-0.15, -0.1) is 0 Å². The zero-order chi connectivity index (χ0) is 15.4. The number of amides is 1. The lowest BCUT2D eigenvalue weighted by Gasteiger charge is -2.19. The molecule has 0 aliphatic heterocycles. The minimum absolute atomic E-state index is 0.138. The molecular weight excluding hydrogens is 288 g/mol. The second-order valence-electron chi connectivity index (χ2n) is 4.27. The Balaban J connectivity index is 2.42. The number of benzene rings is 1. The lowest BCUT2D eigenvalue weighted by Crippen LogP contribution is -2.28. The number of hydrogen-bond acceptors (Lipinski definition) is 4. The Morgan fingerprint density at radius 1 is 1.33 bits per heavy atom. The van der Waals surface area contributed by atoms with Crippen LogP contribution >= 0.6 is 11.6 Å². The number of aromatic nitrogens is 1. The number of pyridine rings is 1. The molecule has 1 amide bonds. The van der Waals surface area contributed by atoms with Crippen LogP contribution in [0.4, 0.5) is 11.5 Å². The zero-order valence-corrected chi connectivity index (χ0v) is 12.3. The largest absolute Gasteiger partial charge is 0.373 e. The summed E-state index contributed by atoms with van der Waals surface area (Å²) in [6, 6.07) is 12.2. The molecule has 0 radical (unpaired) electrons. The molecule has 0 saturated carbocycles. The van der Waals surface area contributed by atoms with Crippen molar-refractivity contribution in [3.8, 4) is 6.07 Å². The predicted octanol–water partition coefficient (Wildman–Crippen LogP) is 2.92. The predicted molar refractivity (Wildman–Crippen MR) is 82.7 cm³/mol. The van der Waals surface area contributed by atoms with Crippen molar-refractivity contribution in [2.45, 2.75) is 0 Å². The van der Waals surface area contributed by atoms with E-state index < -0.39 is 0 Å². The van der Waals surface area contributed by atoms with Gasteiger partial charge < -0.3 is 10.2 Å². The Bertz CT molecular complexity index is 724. The number of halogens is 1. The van der Waals surface area contributed by atoms with Crippen LogP contribution in [0.25, 0.3) is 0 Å². The molecule has 0 unspecified atom stereocenters. The molecule has 1 aromatic heterocycles. The fourth-order valence-corrected chi connectivity index (χ4v) is 2.05. The van der Waals surface area contributed by atoms with Gasteiger partial charge in [-0.3, -0.25) is 4.79 Å². The van der Waals surface area contributed by atoms with E-state index in [0.717, 1.165) is 0 Å². The fourth-order valence-electron chi connectivity index (χ4n) is 1.86. The third kappa shape index (κ3) is 2.96. The number of rotatable bonds is 3. The molecule has 1 aromatic carbocycles. The van der Waals surface area contributed by atoms with Crippen molar-refractivity contribution >= 4 is 29.0 Å². The Hall–Kier alpha value is -2.58. The van der Waals surface area contributed by atoms with E-state index in [4.69, 9.17) is 16.9 Å². The van der Waals surface area contributed by atoms with E-state index in [2.05, 4.69) is 16.4 Å². The van der Waals surface area contributed by atoms with Gasteiger partial charge in [0.05, 0.1) is 16.3 Å². The number of carbonyl (C=O) groups is 1. The Kier molecular flexibility index (Phi) is 4.41. The number of para-hydroxylation sites is 1. The van der Waals surface area contributed by atoms with Crippen molar-refractivity contribution < 1.29 is 4.79 Å². The van der Waals surface area contributed by atoms with Crippen LogP contribution in [0.3, 0.4) is 0 Å². The van der Waals surface area contributed by atoms with Crippen LogP contribution in [0.1, 0.15) is 16.1 Å². The Morgan fingerprint density at radius 2 is 2.05 bits per heavy atom. The molecule has 0 fully saturated rings. The third-order valence-electron chi connectivity index (χ3n) is 3.00. The first-order valence-corrected chi connectivity index (χ1v) is 6.57. The van der Waals surface area contributed by atoms with Crippen LogP contribution in [-0.4, -0.2) is 25.0 Å². The monoisotopic (exact) mass is 300 g/mol. The van der Waals surface area contributed by atoms with Gasteiger partial charge in [0.1, 0.15) is 17.6 Å². The molecule has 21 heavy (non-hydrogen) atoms. The van der Waals surface area contributed by atoms with E-state index in [1.807, 2.05) is 0 Å². The van der Waals surface area contributed by atoms with Crippen LogP contribution in [0.5, 0.6) is 0 Å². The van der Waals surface area contributed by atoms with Crippen molar-refractivity contribution in [1.82, 2.24) is 4.98 Å². The highest BCUT2D eigenvalue weighted by molar-refractivity contribution is 6.34. The summed E-state index contributed by atoms with van der Waals surface area (Å²) >= 11 is 6.05. The second kappa shape index (κ2) is 6.25. The van der Waals surface area contributed by atoms with Gasteiger partial charge in [-0.05, 0) is 24.3 Å². The molecule has 0 atom stereocenters. The van der Waals surface area contributed by atoms with Gasteiger partial charge in [-0.2, -0.15) is 5.26 Å². The average molecular weight is 301 g/mol. The maximum atomic E-state index is 12.5. The van der Waals surface area contributed by atoms with Gasteiger partial charge >= 0.3 is 0 Å². The fraction of sp³-hybridized carbons (Fsp3) is 0.133. The van der Waals surface area contributed by atoms with Crippen molar-refractivity contribution in [2.24, 2.45) is 0 Å². The van der Waals surface area contributed by atoms with Gasteiger partial charge in [-0.1, -0.05) is 23.7 Å². The van der Waals surface area contributed by atoms with Gasteiger partial charge in [0.2, 0.25) is 0 Å². The quantitative estimate of drug-likeness (QED) is 0.946. The standard InChI is InChI=1S/C15H13ClN4O/c1-18-13-8-7-11(16)14(19-13)15(21)20(2)12-6-4-3-5-10(12)9-17/h3-8H,1-2H3,(H,18,19). The maximum absolute atomic E-state index is 12.5. The first-order chi connectivity index (χ1) is 10.1. The first-order valence-electron chi connectivity index (χ1n) is 6.20. The number of carbonyl (C=O) groups excluding carboxylic acids is 1. The molecule has 6 heteroatoms. The molecule has 2 aromatic rings. The molecule has 5 nitrogen and oxygen atoms in total. The van der Waals surface area contributed by atoms with Crippen LogP contribution in [0.15, 0.2) is 36.4 Å². The Labute approximate surface area is 127 Å². The molecule has 106 valence electrons. The van der Waals surface area contributed by atoms with Crippen molar-refractivity contribution in [3.63, 3.8) is 0 Å². The summed E-state index contributed by atoms with van der Waals surface area (Å²) in [4.78, 5) is 18.1. The van der Waals surface area contributed by atoms with Crippen LogP contribution in [-0.2, 0) is 0 Å². The number of nitriles is 1. The molecule has 0 aliphatic rings. The van der Waals surface area contributed by atoms with E-state index in [1.165, 1.54) is 4.90 Å². The maximum Gasteiger partial charge on any atom is 0.278 e. The van der Waals surface area contributed by atoms with E-state index in [1.54, 1.807) is 50.5 Å². The number of hydrogen-bond donors (Lipinski definition) is 1. The topological polar surface area (TPSA) is 69.0 Å². The summed E-state index contributed by atoms with van der Waals surface area (Å²) in [7, 11) is 3.29. The minimum atomic E-state index is -0.375. The van der Waals surface area contributed by atoms with Crippen LogP contribution in [0, 0.1) is 11.3 Å². The van der Waals surface area contributed by atoms with E-state index in [0.29, 0.717) is 17.1 Å². The van der Waals surface area contributed by atoms with Crippen molar-refractivity contribution in [2.75, 3.05) is 24.3 Å². The van der Waals surface area contributed by atoms with Gasteiger partial charge in [0.25, 0.3) is 5.91 Å². The van der Waals surface area contributed by atoms with E-state index in [-0.39, 0.29) is 16.6 Å². The lowest BCUT2D eigenvalue weighted by molar-refractivity contribution is 0.0988. The number of nitrogens with one attached hydrogen (secondary N) is 1. The minimum Gasteiger partial charge on any atom is -0.373 e. The normalized spacial score (nSPS) is 9.81. The summed E-state index contributed by atoms with van der Waals surface area (Å²) in [5.41, 5.74) is 1.06. The van der Waals surface area contributed by atoms with Gasteiger partial charge in [0.15, 0.2) is 0 Å². The summed E-state index contributed by atoms with van der Waals surface area (Å²) < 4.78 is 0. The van der Waals surface area contributed by atoms with E-state index >= 15 is 0 Å². The molecule has 0 aliphatic carbocycles. The number of anilines is 2. The summed E-state index contributed by atoms with van der Waals surface area (Å²) in [5.74, 6) is 0.171. The SMILES string of the molecule is CNc1ccc(Cl)c(C(=O)N(C)c2ccccc2C#N)n1. The molecule has 2 rings (SSSR count). The van der Waals surface area contributed by atoms with Crippen molar-refractivity contribution in [1.29, 1.82) is 5.26 Å². The second-order valence-corrected chi connectivity index (χ2v) is 4.68. The zero-order valence-electron chi connectivity index (χ0n) is 11.6. The summed E-state index contributed by atoms with van der Waals surface area (Å²) in [5, 5.41) is 12.2. The first kappa shape index (κ1) is 14.8. The molecule has 0 bridgehead atoms. The number of nitrogens with zero attached hydrogens (tertiary/aromatic N) is 3. The van der Waals surface area contributed by atoms with Crippen molar-refractivity contribution in [3.05, 3.63) is 52.7 Å². The van der Waals surface area contributed by atoms with Gasteiger partial charge in [0, 0.05) is 14.1 Å². The third-order valence-corrected chi connectivity index (χ3v) is 3.30. The highest BCUT2D eigenvalue weighted by Crippen LogP contribution is 2.23. The molecule has 0 spiro atoms. The smallest absolute Gasteiger partial charge is 0.278 e. The summed E-state index contributed by atoms with van der Waals surface area (Å²) in [6.45, 7) is 0. The van der Waals surface area contributed by atoms with E-state index in [9.17, 15) is 4.79 Å². The highest BCUT2D eigenvalue weighted by Gasteiger charge is 2.20. The molecule has 0 saturated heterocycles. The lowest BCUT2D eigenvalue weighted by atomic mass is 10.1. The summed E-state index contributed by atoms with van der Waals surface area (Å²) in [6.07, 6.45) is 0. The molecule has 1 heterocycles. The average Bonchev–Trinajstić information content (AvgIpc) is 2.54. The van der Waals surface area contributed by atoms with Crippen LogP contribution in [0.2, 0.25) is 5.02 Å².